The van der Waals surface area contributed by atoms with E-state index in [4.69, 9.17) is 9.47 Å². The molecule has 0 radical (unpaired) electrons. The molecular weight excluding hydrogens is 404 g/mol. The van der Waals surface area contributed by atoms with Crippen LogP contribution in [0, 0.1) is 46.3 Å². The second kappa shape index (κ2) is 8.76. The second-order valence-electron chi connectivity index (χ2n) is 11.9. The quantitative estimate of drug-likeness (QED) is 0.533. The van der Waals surface area contributed by atoms with Crippen LogP contribution in [0.2, 0.25) is 0 Å². The van der Waals surface area contributed by atoms with Gasteiger partial charge in [-0.15, -0.1) is 0 Å². The highest BCUT2D eigenvalue weighted by molar-refractivity contribution is 5.83. The predicted octanol–water partition coefficient (Wildman–Crippen LogP) is 5.35. The molecule has 4 rings (SSSR count). The number of ether oxygens (including phenoxy) is 2. The van der Waals surface area contributed by atoms with Crippen molar-refractivity contribution < 1.29 is 23.9 Å². The summed E-state index contributed by atoms with van der Waals surface area (Å²) in [4.78, 5) is 36.6. The molecule has 0 aromatic rings. The lowest BCUT2D eigenvalue weighted by Crippen LogP contribution is -2.57. The zero-order valence-corrected chi connectivity index (χ0v) is 20.7. The zero-order valence-electron chi connectivity index (χ0n) is 20.7. The van der Waals surface area contributed by atoms with Crippen LogP contribution in [-0.4, -0.2) is 30.9 Å². The van der Waals surface area contributed by atoms with E-state index in [0.29, 0.717) is 54.6 Å². The van der Waals surface area contributed by atoms with E-state index in [-0.39, 0.29) is 34.8 Å². The number of fused-ring (bicyclic) bond motifs is 5. The zero-order chi connectivity index (χ0) is 23.3. The molecule has 5 heteroatoms. The maximum Gasteiger partial charge on any atom is 0.305 e. The number of carbonyl (C=O) groups excluding carboxylic acids is 3. The molecule has 0 aliphatic heterocycles. The Balaban J connectivity index is 1.50. The van der Waals surface area contributed by atoms with Gasteiger partial charge >= 0.3 is 11.9 Å². The summed E-state index contributed by atoms with van der Waals surface area (Å²) in [5, 5.41) is 0. The highest BCUT2D eigenvalue weighted by Gasteiger charge is 2.62. The van der Waals surface area contributed by atoms with Gasteiger partial charge < -0.3 is 9.47 Å². The van der Waals surface area contributed by atoms with Crippen molar-refractivity contribution in [1.82, 2.24) is 0 Å². The molecule has 0 spiro atoms. The Hall–Kier alpha value is -1.39. The molecule has 0 aromatic heterocycles. The minimum atomic E-state index is -0.230. The molecule has 0 saturated heterocycles. The van der Waals surface area contributed by atoms with Gasteiger partial charge in [-0.1, -0.05) is 20.8 Å². The predicted molar refractivity (Wildman–Crippen MR) is 122 cm³/mol. The summed E-state index contributed by atoms with van der Waals surface area (Å²) in [7, 11) is 1.47. The fourth-order valence-electron chi connectivity index (χ4n) is 8.97. The van der Waals surface area contributed by atoms with Gasteiger partial charge in [0, 0.05) is 25.7 Å². The molecule has 9 atom stereocenters. The van der Waals surface area contributed by atoms with Gasteiger partial charge in [0.05, 0.1) is 7.11 Å². The largest absolute Gasteiger partial charge is 0.469 e. The third kappa shape index (κ3) is 3.92. The first-order chi connectivity index (χ1) is 15.1. The fourth-order valence-corrected chi connectivity index (χ4v) is 8.97. The van der Waals surface area contributed by atoms with Crippen molar-refractivity contribution in [1.29, 1.82) is 0 Å². The number of methoxy groups -OCH3 is 1. The molecule has 4 unspecified atom stereocenters. The summed E-state index contributed by atoms with van der Waals surface area (Å²) in [5.41, 5.74) is 0.321. The van der Waals surface area contributed by atoms with Crippen molar-refractivity contribution in [2.45, 2.75) is 98.0 Å². The second-order valence-corrected chi connectivity index (χ2v) is 11.9. The first-order valence-corrected chi connectivity index (χ1v) is 12.9. The Kier molecular flexibility index (Phi) is 6.50. The van der Waals surface area contributed by atoms with E-state index in [9.17, 15) is 14.4 Å². The van der Waals surface area contributed by atoms with E-state index < -0.39 is 0 Å². The average molecular weight is 447 g/mol. The number of hydrogen-bond donors (Lipinski definition) is 0. The van der Waals surface area contributed by atoms with Gasteiger partial charge in [-0.25, -0.2) is 0 Å². The van der Waals surface area contributed by atoms with Crippen molar-refractivity contribution in [3.8, 4) is 0 Å². The molecule has 0 N–H and O–H groups in total. The number of carbonyl (C=O) groups is 3. The van der Waals surface area contributed by atoms with Crippen LogP contribution < -0.4 is 0 Å². The Bertz CT molecular complexity index is 761. The van der Waals surface area contributed by atoms with Crippen molar-refractivity contribution in [3.63, 3.8) is 0 Å². The minimum absolute atomic E-state index is 0.0439. The summed E-state index contributed by atoms with van der Waals surface area (Å²) in [6.07, 6.45) is 9.48. The molecular formula is C27H42O5. The molecule has 32 heavy (non-hydrogen) atoms. The normalized spacial score (nSPS) is 44.1. The van der Waals surface area contributed by atoms with Gasteiger partial charge in [0.25, 0.3) is 0 Å². The number of hydrogen-bond acceptors (Lipinski definition) is 5. The lowest BCUT2D eigenvalue weighted by Gasteiger charge is -2.60. The Morgan fingerprint density at radius 3 is 2.44 bits per heavy atom. The summed E-state index contributed by atoms with van der Waals surface area (Å²) in [6, 6.07) is 0. The molecule has 4 aliphatic rings. The summed E-state index contributed by atoms with van der Waals surface area (Å²) < 4.78 is 10.4. The van der Waals surface area contributed by atoms with E-state index in [1.807, 2.05) is 0 Å². The first kappa shape index (κ1) is 23.8. The summed E-state index contributed by atoms with van der Waals surface area (Å²) in [6.45, 7) is 8.63. The topological polar surface area (TPSA) is 69.7 Å². The highest BCUT2D eigenvalue weighted by atomic mass is 16.5. The van der Waals surface area contributed by atoms with Crippen LogP contribution in [-0.2, 0) is 23.9 Å². The van der Waals surface area contributed by atoms with Gasteiger partial charge in [0.2, 0.25) is 0 Å². The van der Waals surface area contributed by atoms with Crippen LogP contribution in [0.25, 0.3) is 0 Å². The number of ketones is 1. The molecule has 180 valence electrons. The first-order valence-electron chi connectivity index (χ1n) is 12.9. The SMILES string of the molecule is COC(=O)CC[C@@H](C)C1CCC2C3CC(=O)[C@@H]4C[C@H](OC(C)=O)CC[C@]4(C)C3CC[C@@]21C. The van der Waals surface area contributed by atoms with Crippen LogP contribution in [0.3, 0.4) is 0 Å². The highest BCUT2D eigenvalue weighted by Crippen LogP contribution is 2.67. The van der Waals surface area contributed by atoms with Crippen molar-refractivity contribution in [3.05, 3.63) is 0 Å². The standard InChI is InChI=1S/C27H42O5/c1-16(6-9-25(30)31-5)20-7-8-21-19-15-24(29)23-14-18(32-17(2)28)10-12-27(23,4)22(19)11-13-26(20,21)3/h16,18-23H,6-15H2,1-5H3/t16-,18-,19?,20?,21?,22?,23+,26-,27-/m1/s1. The van der Waals surface area contributed by atoms with Crippen molar-refractivity contribution >= 4 is 17.7 Å². The Morgan fingerprint density at radius 1 is 1.06 bits per heavy atom. The van der Waals surface area contributed by atoms with E-state index in [1.165, 1.54) is 39.7 Å². The van der Waals surface area contributed by atoms with Crippen molar-refractivity contribution in [2.24, 2.45) is 46.3 Å². The number of Topliss-reactive ketones (excluding diaryl/α,β-unsaturated/α-hetero) is 1. The third-order valence-corrected chi connectivity index (χ3v) is 10.5. The van der Waals surface area contributed by atoms with Gasteiger partial charge in [0.1, 0.15) is 11.9 Å². The van der Waals surface area contributed by atoms with Gasteiger partial charge in [0.15, 0.2) is 0 Å². The van der Waals surface area contributed by atoms with Crippen LogP contribution in [0.15, 0.2) is 0 Å². The molecule has 5 nitrogen and oxygen atoms in total. The van der Waals surface area contributed by atoms with E-state index in [2.05, 4.69) is 20.8 Å². The van der Waals surface area contributed by atoms with Gasteiger partial charge in [-0.05, 0) is 91.8 Å². The average Bonchev–Trinajstić information content (AvgIpc) is 3.10. The fraction of sp³-hybridized carbons (Fsp3) is 0.889. The molecule has 0 heterocycles. The van der Waals surface area contributed by atoms with Gasteiger partial charge in [-0.2, -0.15) is 0 Å². The van der Waals surface area contributed by atoms with E-state index in [1.54, 1.807) is 0 Å². The Labute approximate surface area is 193 Å². The van der Waals surface area contributed by atoms with E-state index >= 15 is 0 Å². The molecule has 4 saturated carbocycles. The smallest absolute Gasteiger partial charge is 0.305 e. The molecule has 0 amide bonds. The summed E-state index contributed by atoms with van der Waals surface area (Å²) in [5.74, 6) is 2.95. The lowest BCUT2D eigenvalue weighted by molar-refractivity contribution is -0.169. The van der Waals surface area contributed by atoms with Gasteiger partial charge in [-0.3, -0.25) is 14.4 Å². The van der Waals surface area contributed by atoms with Crippen molar-refractivity contribution in [2.75, 3.05) is 7.11 Å². The maximum absolute atomic E-state index is 13.4. The molecule has 4 fully saturated rings. The van der Waals surface area contributed by atoms with E-state index in [0.717, 1.165) is 19.3 Å². The number of rotatable bonds is 5. The maximum atomic E-state index is 13.4. The van der Waals surface area contributed by atoms with Crippen LogP contribution in [0.4, 0.5) is 0 Å². The molecule has 0 bridgehead atoms. The van der Waals surface area contributed by atoms with Crippen LogP contribution in [0.5, 0.6) is 0 Å². The third-order valence-electron chi connectivity index (χ3n) is 10.5. The molecule has 0 aromatic carbocycles. The minimum Gasteiger partial charge on any atom is -0.469 e. The Morgan fingerprint density at radius 2 is 1.75 bits per heavy atom. The van der Waals surface area contributed by atoms with Crippen LogP contribution >= 0.6 is 0 Å². The number of esters is 2. The lowest BCUT2D eigenvalue weighted by atomic mass is 9.44. The molecule has 4 aliphatic carbocycles. The monoisotopic (exact) mass is 446 g/mol. The summed E-state index contributed by atoms with van der Waals surface area (Å²) >= 11 is 0. The van der Waals surface area contributed by atoms with Crippen LogP contribution in [0.1, 0.15) is 91.9 Å².